The van der Waals surface area contributed by atoms with Crippen molar-refractivity contribution in [2.24, 2.45) is 0 Å². The van der Waals surface area contributed by atoms with Crippen molar-refractivity contribution in [2.75, 3.05) is 39.2 Å². The van der Waals surface area contributed by atoms with Crippen molar-refractivity contribution >= 4 is 17.5 Å². The molecule has 2 amide bonds. The monoisotopic (exact) mass is 397 g/mol. The molecule has 154 valence electrons. The number of nitrogens with one attached hydrogen (secondary N) is 2. The van der Waals surface area contributed by atoms with Crippen LogP contribution >= 0.6 is 0 Å². The lowest BCUT2D eigenvalue weighted by atomic mass is 9.98. The molecule has 2 N–H and O–H groups in total. The lowest BCUT2D eigenvalue weighted by molar-refractivity contribution is -0.131. The second kappa shape index (κ2) is 9.43. The van der Waals surface area contributed by atoms with Crippen LogP contribution in [0.5, 0.6) is 11.5 Å². The fraction of sp³-hybridized carbons (Fsp3) is 0.364. The minimum absolute atomic E-state index is 0.0335. The van der Waals surface area contributed by atoms with Crippen LogP contribution in [-0.4, -0.2) is 50.6 Å². The zero-order valence-electron chi connectivity index (χ0n) is 17.1. The number of benzene rings is 2. The molecule has 0 unspecified atom stereocenters. The van der Waals surface area contributed by atoms with E-state index in [0.29, 0.717) is 24.6 Å². The van der Waals surface area contributed by atoms with Gasteiger partial charge in [0.05, 0.1) is 27.3 Å². The summed E-state index contributed by atoms with van der Waals surface area (Å²) in [4.78, 5) is 26.4. The summed E-state index contributed by atoms with van der Waals surface area (Å²) < 4.78 is 10.7. The summed E-state index contributed by atoms with van der Waals surface area (Å²) in [6.45, 7) is 3.32. The highest BCUT2D eigenvalue weighted by atomic mass is 16.5. The van der Waals surface area contributed by atoms with Crippen LogP contribution in [0.2, 0.25) is 0 Å². The molecule has 1 aliphatic rings. The van der Waals surface area contributed by atoms with Crippen molar-refractivity contribution in [3.8, 4) is 11.5 Å². The maximum Gasteiger partial charge on any atom is 0.238 e. The Morgan fingerprint density at radius 3 is 2.45 bits per heavy atom. The lowest BCUT2D eigenvalue weighted by Gasteiger charge is -2.29. The highest BCUT2D eigenvalue weighted by Gasteiger charge is 2.22. The average Bonchev–Trinajstić information content (AvgIpc) is 2.72. The number of ether oxygens (including phenoxy) is 2. The van der Waals surface area contributed by atoms with Gasteiger partial charge in [-0.3, -0.25) is 14.9 Å². The van der Waals surface area contributed by atoms with Gasteiger partial charge in [-0.1, -0.05) is 12.1 Å². The van der Waals surface area contributed by atoms with Crippen LogP contribution in [0.1, 0.15) is 16.7 Å². The molecule has 0 aromatic heterocycles. The number of hydrogen-bond donors (Lipinski definition) is 2. The van der Waals surface area contributed by atoms with Gasteiger partial charge in [-0.05, 0) is 54.3 Å². The van der Waals surface area contributed by atoms with Crippen LogP contribution in [-0.2, 0) is 22.6 Å². The highest BCUT2D eigenvalue weighted by Crippen LogP contribution is 2.33. The second-order valence-corrected chi connectivity index (χ2v) is 7.06. The number of anilines is 1. The fourth-order valence-corrected chi connectivity index (χ4v) is 3.42. The molecular formula is C22H27N3O4. The van der Waals surface area contributed by atoms with Crippen LogP contribution in [0.4, 0.5) is 5.69 Å². The van der Waals surface area contributed by atoms with E-state index >= 15 is 0 Å². The third-order valence-electron chi connectivity index (χ3n) is 4.93. The minimum Gasteiger partial charge on any atom is -0.493 e. The van der Waals surface area contributed by atoms with Crippen molar-refractivity contribution in [3.63, 3.8) is 0 Å². The molecule has 0 fully saturated rings. The largest absolute Gasteiger partial charge is 0.493 e. The summed E-state index contributed by atoms with van der Waals surface area (Å²) >= 11 is 0. The normalized spacial score (nSPS) is 12.9. The topological polar surface area (TPSA) is 79.9 Å². The smallest absolute Gasteiger partial charge is 0.238 e. The van der Waals surface area contributed by atoms with Crippen molar-refractivity contribution < 1.29 is 19.1 Å². The summed E-state index contributed by atoms with van der Waals surface area (Å²) in [5.74, 6) is 1.15. The van der Waals surface area contributed by atoms with E-state index in [2.05, 4.69) is 10.6 Å². The number of methoxy groups -OCH3 is 2. The first-order chi connectivity index (χ1) is 14.0. The Labute approximate surface area is 171 Å². The maximum absolute atomic E-state index is 12.5. The van der Waals surface area contributed by atoms with Gasteiger partial charge in [-0.25, -0.2) is 0 Å². The third kappa shape index (κ3) is 5.26. The van der Waals surface area contributed by atoms with Crippen LogP contribution in [0.3, 0.4) is 0 Å². The van der Waals surface area contributed by atoms with Crippen molar-refractivity contribution in [1.29, 1.82) is 0 Å². The van der Waals surface area contributed by atoms with Gasteiger partial charge in [0.2, 0.25) is 11.8 Å². The molecule has 3 rings (SSSR count). The van der Waals surface area contributed by atoms with Crippen molar-refractivity contribution in [2.45, 2.75) is 19.9 Å². The molecular weight excluding hydrogens is 370 g/mol. The van der Waals surface area contributed by atoms with Crippen LogP contribution in [0, 0.1) is 6.92 Å². The summed E-state index contributed by atoms with van der Waals surface area (Å²) in [6, 6.07) is 11.5. The number of nitrogens with zero attached hydrogens (tertiary/aromatic N) is 1. The Morgan fingerprint density at radius 2 is 1.76 bits per heavy atom. The van der Waals surface area contributed by atoms with E-state index in [4.69, 9.17) is 9.47 Å². The molecule has 1 heterocycles. The lowest BCUT2D eigenvalue weighted by Crippen LogP contribution is -2.42. The maximum atomic E-state index is 12.5. The standard InChI is InChI=1S/C22H27N3O4/c1-15-5-4-6-18(9-15)24-21(26)12-23-13-22(27)25-8-7-16-10-19(28-2)20(29-3)11-17(16)14-25/h4-6,9-11,23H,7-8,12-14H2,1-3H3,(H,24,26). The molecule has 2 aromatic carbocycles. The Balaban J connectivity index is 1.50. The van der Waals surface area contributed by atoms with E-state index in [1.165, 1.54) is 0 Å². The van der Waals surface area contributed by atoms with Gasteiger partial charge in [0, 0.05) is 18.8 Å². The first kappa shape index (κ1) is 20.7. The first-order valence-corrected chi connectivity index (χ1v) is 9.59. The van der Waals surface area contributed by atoms with Crippen molar-refractivity contribution in [1.82, 2.24) is 10.2 Å². The Hall–Kier alpha value is -3.06. The summed E-state index contributed by atoms with van der Waals surface area (Å²) in [7, 11) is 3.21. The van der Waals surface area contributed by atoms with Gasteiger partial charge >= 0.3 is 0 Å². The highest BCUT2D eigenvalue weighted by molar-refractivity contribution is 5.92. The van der Waals surface area contributed by atoms with E-state index in [1.807, 2.05) is 43.3 Å². The predicted octanol–water partition coefficient (Wildman–Crippen LogP) is 2.13. The summed E-state index contributed by atoms with van der Waals surface area (Å²) in [5.41, 5.74) is 4.04. The molecule has 0 atom stereocenters. The molecule has 0 aliphatic carbocycles. The molecule has 29 heavy (non-hydrogen) atoms. The zero-order valence-corrected chi connectivity index (χ0v) is 17.1. The molecule has 0 saturated heterocycles. The summed E-state index contributed by atoms with van der Waals surface area (Å²) in [6.07, 6.45) is 0.759. The minimum atomic E-state index is -0.177. The molecule has 0 radical (unpaired) electrons. The Kier molecular flexibility index (Phi) is 6.72. The van der Waals surface area contributed by atoms with Crippen LogP contribution < -0.4 is 20.1 Å². The number of fused-ring (bicyclic) bond motifs is 1. The van der Waals surface area contributed by atoms with E-state index in [0.717, 1.165) is 28.8 Å². The van der Waals surface area contributed by atoms with E-state index < -0.39 is 0 Å². The number of aryl methyl sites for hydroxylation is 1. The molecule has 7 heteroatoms. The Morgan fingerprint density at radius 1 is 1.03 bits per heavy atom. The quantitative estimate of drug-likeness (QED) is 0.748. The molecule has 0 spiro atoms. The van der Waals surface area contributed by atoms with Crippen LogP contribution in [0.25, 0.3) is 0 Å². The van der Waals surface area contributed by atoms with Gasteiger partial charge in [-0.15, -0.1) is 0 Å². The summed E-state index contributed by atoms with van der Waals surface area (Å²) in [5, 5.41) is 5.75. The zero-order chi connectivity index (χ0) is 20.8. The molecule has 0 bridgehead atoms. The number of hydrogen-bond acceptors (Lipinski definition) is 5. The molecule has 1 aliphatic heterocycles. The van der Waals surface area contributed by atoms with Gasteiger partial charge < -0.3 is 19.7 Å². The number of carbonyl (C=O) groups is 2. The number of rotatable bonds is 7. The number of carbonyl (C=O) groups excluding carboxylic acids is 2. The molecule has 2 aromatic rings. The van der Waals surface area contributed by atoms with E-state index in [9.17, 15) is 9.59 Å². The van der Waals surface area contributed by atoms with Gasteiger partial charge in [-0.2, -0.15) is 0 Å². The Bertz CT molecular complexity index is 898. The number of amides is 2. The van der Waals surface area contributed by atoms with Crippen LogP contribution in [0.15, 0.2) is 36.4 Å². The second-order valence-electron chi connectivity index (χ2n) is 7.06. The first-order valence-electron chi connectivity index (χ1n) is 9.59. The van der Waals surface area contributed by atoms with E-state index in [-0.39, 0.29) is 24.9 Å². The van der Waals surface area contributed by atoms with Gasteiger partial charge in [0.25, 0.3) is 0 Å². The average molecular weight is 397 g/mol. The fourth-order valence-electron chi connectivity index (χ4n) is 3.42. The molecule has 7 nitrogen and oxygen atoms in total. The predicted molar refractivity (Wildman–Crippen MR) is 111 cm³/mol. The van der Waals surface area contributed by atoms with E-state index in [1.54, 1.807) is 19.1 Å². The molecule has 0 saturated carbocycles. The SMILES string of the molecule is COc1cc2c(cc1OC)CN(C(=O)CNCC(=O)Nc1cccc(C)c1)CC2. The van der Waals surface area contributed by atoms with Gasteiger partial charge in [0.1, 0.15) is 0 Å². The third-order valence-corrected chi connectivity index (χ3v) is 4.93. The van der Waals surface area contributed by atoms with Gasteiger partial charge in [0.15, 0.2) is 11.5 Å². The van der Waals surface area contributed by atoms with Crippen molar-refractivity contribution in [3.05, 3.63) is 53.1 Å².